The van der Waals surface area contributed by atoms with Gasteiger partial charge in [-0.15, -0.1) is 0 Å². The van der Waals surface area contributed by atoms with Crippen molar-refractivity contribution in [3.8, 4) is 0 Å². The van der Waals surface area contributed by atoms with Gasteiger partial charge in [-0.3, -0.25) is 19.0 Å². The quantitative estimate of drug-likeness (QED) is 0.143. The van der Waals surface area contributed by atoms with E-state index in [2.05, 4.69) is 16.3 Å². The van der Waals surface area contributed by atoms with E-state index in [4.69, 9.17) is 21.1 Å². The van der Waals surface area contributed by atoms with Gasteiger partial charge in [0.1, 0.15) is 30.4 Å². The SMILES string of the molecule is Cc1cc(C)cc(COC(=O)N2CCCn3nc(C(=O)Cl)cc3C2)c1.Cc1cc(COC(=O)N2CCCn3nc(C(=O)CS(C)(=O)=O)cc3C2)cc(C(F)(F)F)c1. The van der Waals surface area contributed by atoms with Crippen molar-refractivity contribution in [2.75, 3.05) is 25.1 Å². The van der Waals surface area contributed by atoms with Crippen molar-refractivity contribution in [2.45, 2.75) is 79.2 Å². The fourth-order valence-electron chi connectivity index (χ4n) is 6.52. The van der Waals surface area contributed by atoms with Gasteiger partial charge in [0, 0.05) is 32.4 Å². The molecule has 2 aromatic heterocycles. The summed E-state index contributed by atoms with van der Waals surface area (Å²) in [5.74, 6) is -1.30. The number of aryl methyl sites for hydroxylation is 5. The van der Waals surface area contributed by atoms with E-state index in [-0.39, 0.29) is 42.8 Å². The summed E-state index contributed by atoms with van der Waals surface area (Å²) in [6.45, 7) is 7.86. The molecule has 0 bridgehead atoms. The molecule has 0 saturated carbocycles. The summed E-state index contributed by atoms with van der Waals surface area (Å²) in [5.41, 5.74) is 4.59. The molecule has 0 N–H and O–H groups in total. The first-order valence-electron chi connectivity index (χ1n) is 17.9. The van der Waals surface area contributed by atoms with Gasteiger partial charge in [-0.2, -0.15) is 23.4 Å². The lowest BCUT2D eigenvalue weighted by Gasteiger charge is -2.20. The van der Waals surface area contributed by atoms with Crippen LogP contribution in [0, 0.1) is 20.8 Å². The van der Waals surface area contributed by atoms with Gasteiger partial charge in [-0.25, -0.2) is 18.0 Å². The maximum absolute atomic E-state index is 13.0. The van der Waals surface area contributed by atoms with Gasteiger partial charge in [0.2, 0.25) is 0 Å². The molecule has 0 saturated heterocycles. The Morgan fingerprint density at radius 1 is 0.702 bits per heavy atom. The smallest absolute Gasteiger partial charge is 0.416 e. The fourth-order valence-corrected chi connectivity index (χ4v) is 7.23. The molecule has 14 nitrogen and oxygen atoms in total. The van der Waals surface area contributed by atoms with Gasteiger partial charge in [0.25, 0.3) is 5.24 Å². The second kappa shape index (κ2) is 17.9. The molecule has 0 radical (unpaired) electrons. The molecule has 4 heterocycles. The average Bonchev–Trinajstić information content (AvgIpc) is 3.58. The van der Waals surface area contributed by atoms with E-state index in [0.717, 1.165) is 47.2 Å². The van der Waals surface area contributed by atoms with Crippen LogP contribution in [0.4, 0.5) is 22.8 Å². The van der Waals surface area contributed by atoms with E-state index in [0.29, 0.717) is 50.4 Å². The Bertz CT molecular complexity index is 2250. The average molecular weight is 835 g/mol. The van der Waals surface area contributed by atoms with E-state index in [1.165, 1.54) is 24.0 Å². The highest BCUT2D eigenvalue weighted by Crippen LogP contribution is 2.31. The van der Waals surface area contributed by atoms with Crippen LogP contribution in [0.3, 0.4) is 0 Å². The summed E-state index contributed by atoms with van der Waals surface area (Å²) in [7, 11) is -3.51. The van der Waals surface area contributed by atoms with Crippen LogP contribution in [0.15, 0.2) is 48.5 Å². The second-order valence-corrected chi connectivity index (χ2v) is 16.6. The number of rotatable bonds is 8. The first kappa shape index (κ1) is 42.9. The number of aromatic nitrogens is 4. The number of nitrogens with zero attached hydrogens (tertiary/aromatic N) is 6. The summed E-state index contributed by atoms with van der Waals surface area (Å²) in [6, 6.07) is 12.6. The van der Waals surface area contributed by atoms with Crippen molar-refractivity contribution in [3.63, 3.8) is 0 Å². The maximum atomic E-state index is 13.0. The molecular weight excluding hydrogens is 793 g/mol. The van der Waals surface area contributed by atoms with Crippen molar-refractivity contribution in [2.24, 2.45) is 0 Å². The van der Waals surface area contributed by atoms with Crippen LogP contribution in [0.5, 0.6) is 0 Å². The normalized spacial score (nSPS) is 14.3. The molecular formula is C38H42ClF3N6O8S. The van der Waals surface area contributed by atoms with E-state index in [1.54, 1.807) is 20.3 Å². The van der Waals surface area contributed by atoms with Gasteiger partial charge in [-0.1, -0.05) is 41.0 Å². The van der Waals surface area contributed by atoms with Gasteiger partial charge in [-0.05, 0) is 80.6 Å². The third-order valence-electron chi connectivity index (χ3n) is 8.90. The molecule has 2 amide bonds. The first-order valence-corrected chi connectivity index (χ1v) is 20.3. The summed E-state index contributed by atoms with van der Waals surface area (Å²) >= 11 is 5.49. The van der Waals surface area contributed by atoms with Gasteiger partial charge in [0.05, 0.1) is 30.0 Å². The topological polar surface area (TPSA) is 163 Å². The van der Waals surface area contributed by atoms with Gasteiger partial charge in [0.15, 0.2) is 15.6 Å². The van der Waals surface area contributed by atoms with E-state index in [1.807, 2.05) is 26.0 Å². The van der Waals surface area contributed by atoms with Gasteiger partial charge >= 0.3 is 18.4 Å². The summed E-state index contributed by atoms with van der Waals surface area (Å²) < 4.78 is 75.6. The predicted octanol–water partition coefficient (Wildman–Crippen LogP) is 6.40. The summed E-state index contributed by atoms with van der Waals surface area (Å²) in [5, 5.41) is 7.72. The van der Waals surface area contributed by atoms with Crippen LogP contribution in [0.2, 0.25) is 0 Å². The van der Waals surface area contributed by atoms with Crippen molar-refractivity contribution in [3.05, 3.63) is 105 Å². The highest BCUT2D eigenvalue weighted by molar-refractivity contribution is 7.91. The van der Waals surface area contributed by atoms with Crippen molar-refractivity contribution in [1.82, 2.24) is 29.4 Å². The molecule has 0 spiro atoms. The van der Waals surface area contributed by atoms with E-state index in [9.17, 15) is 40.8 Å². The highest BCUT2D eigenvalue weighted by Gasteiger charge is 2.31. The zero-order valence-corrected chi connectivity index (χ0v) is 33.3. The van der Waals surface area contributed by atoms with Crippen LogP contribution >= 0.6 is 11.6 Å². The highest BCUT2D eigenvalue weighted by atomic mass is 35.5. The molecule has 4 aromatic rings. The Morgan fingerprint density at radius 3 is 1.63 bits per heavy atom. The Kier molecular flexibility index (Phi) is 13.5. The first-order chi connectivity index (χ1) is 26.7. The van der Waals surface area contributed by atoms with Crippen molar-refractivity contribution in [1.29, 1.82) is 0 Å². The largest absolute Gasteiger partial charge is 0.445 e. The number of hydrogen-bond donors (Lipinski definition) is 0. The maximum Gasteiger partial charge on any atom is 0.416 e. The minimum Gasteiger partial charge on any atom is -0.445 e. The lowest BCUT2D eigenvalue weighted by molar-refractivity contribution is -0.137. The van der Waals surface area contributed by atoms with E-state index >= 15 is 0 Å². The Balaban J connectivity index is 0.000000224. The third kappa shape index (κ3) is 12.1. The fraction of sp³-hybridized carbons (Fsp3) is 0.421. The van der Waals surface area contributed by atoms with Crippen LogP contribution in [0.25, 0.3) is 0 Å². The lowest BCUT2D eigenvalue weighted by atomic mass is 10.1. The molecule has 0 unspecified atom stereocenters. The Hall–Kier alpha value is -5.23. The number of amides is 2. The molecule has 19 heteroatoms. The number of carbonyl (C=O) groups is 4. The zero-order valence-electron chi connectivity index (χ0n) is 31.8. The molecule has 2 aliphatic heterocycles. The van der Waals surface area contributed by atoms with Crippen LogP contribution in [-0.2, 0) is 64.9 Å². The number of fused-ring (bicyclic) bond motifs is 2. The van der Waals surface area contributed by atoms with Crippen LogP contribution in [-0.4, -0.2) is 86.1 Å². The predicted molar refractivity (Wildman–Crippen MR) is 201 cm³/mol. The monoisotopic (exact) mass is 834 g/mol. The van der Waals surface area contributed by atoms with Crippen molar-refractivity contribution >= 4 is 44.7 Å². The molecule has 2 aliphatic rings. The molecule has 0 atom stereocenters. The molecule has 306 valence electrons. The molecule has 0 fully saturated rings. The number of alkyl halides is 3. The number of Topliss-reactive ketones (excluding diaryl/α,β-unsaturated/α-hetero) is 1. The number of ketones is 1. The summed E-state index contributed by atoms with van der Waals surface area (Å²) in [6.07, 6.45) is -3.38. The minimum atomic E-state index is -4.50. The minimum absolute atomic E-state index is 0.0000770. The number of hydrogen-bond acceptors (Lipinski definition) is 10. The zero-order chi connectivity index (χ0) is 41.7. The van der Waals surface area contributed by atoms with Gasteiger partial charge < -0.3 is 19.3 Å². The molecule has 2 aromatic carbocycles. The number of benzene rings is 2. The number of halogens is 4. The van der Waals surface area contributed by atoms with Crippen molar-refractivity contribution < 1.29 is 50.2 Å². The Morgan fingerprint density at radius 2 is 1.16 bits per heavy atom. The standard InChI is InChI=1S/C20H22F3N3O5S.C18H20ClN3O3/c1-13-6-14(8-15(7-13)20(21,22)23)11-31-19(28)25-4-3-5-26-16(10-25)9-17(24-26)18(27)12-32(2,29)30;1-12-6-13(2)8-14(7-12)11-25-18(24)21-4-3-5-22-15(10-21)9-16(20-22)17(19)23/h6-9H,3-5,10-12H2,1-2H3;6-9H,3-5,10-11H2,1-2H3. The molecule has 6 rings (SSSR count). The summed E-state index contributed by atoms with van der Waals surface area (Å²) in [4.78, 5) is 51.3. The van der Waals surface area contributed by atoms with E-state index < -0.39 is 44.4 Å². The second-order valence-electron chi connectivity index (χ2n) is 14.1. The number of ether oxygens (including phenoxy) is 2. The molecule has 57 heavy (non-hydrogen) atoms. The third-order valence-corrected chi connectivity index (χ3v) is 9.88. The number of sulfone groups is 1. The molecule has 0 aliphatic carbocycles. The number of carbonyl (C=O) groups excluding carboxylic acids is 4. The van der Waals surface area contributed by atoms with Crippen LogP contribution < -0.4 is 0 Å². The lowest BCUT2D eigenvalue weighted by Crippen LogP contribution is -2.31. The van der Waals surface area contributed by atoms with Crippen LogP contribution in [0.1, 0.15) is 78.6 Å². The Labute approximate surface area is 332 Å².